The number of hydrazine groups is 1. The number of para-hydroxylation sites is 1. The molecule has 3 rings (SSSR count). The van der Waals surface area contributed by atoms with E-state index in [1.807, 2.05) is 50.4 Å². The number of amides is 2. The van der Waals surface area contributed by atoms with Crippen molar-refractivity contribution in [3.05, 3.63) is 78.0 Å². The Hall–Kier alpha value is -3.34. The Morgan fingerprint density at radius 1 is 1.04 bits per heavy atom. The largest absolute Gasteiger partial charge is 0.361 e. The average molecular weight is 347 g/mol. The van der Waals surface area contributed by atoms with Gasteiger partial charge < -0.3 is 4.98 Å². The third-order valence-corrected chi connectivity index (χ3v) is 4.04. The van der Waals surface area contributed by atoms with Crippen LogP contribution in [0.2, 0.25) is 0 Å². The number of hydrogen-bond acceptors (Lipinski definition) is 2. The maximum atomic E-state index is 12.6. The van der Waals surface area contributed by atoms with Crippen LogP contribution in [0.25, 0.3) is 17.0 Å². The quantitative estimate of drug-likeness (QED) is 0.557. The lowest BCUT2D eigenvalue weighted by Crippen LogP contribution is -2.49. The first-order valence-electron chi connectivity index (χ1n) is 8.49. The molecule has 0 bridgehead atoms. The molecular weight excluding hydrogens is 326 g/mol. The molecule has 1 heterocycles. The van der Waals surface area contributed by atoms with Gasteiger partial charge in [0.2, 0.25) is 0 Å². The van der Waals surface area contributed by atoms with Crippen molar-refractivity contribution in [2.24, 2.45) is 0 Å². The van der Waals surface area contributed by atoms with E-state index in [-0.39, 0.29) is 17.9 Å². The van der Waals surface area contributed by atoms with Crippen molar-refractivity contribution in [3.8, 4) is 0 Å². The van der Waals surface area contributed by atoms with Crippen LogP contribution in [0.15, 0.2) is 66.9 Å². The first-order chi connectivity index (χ1) is 12.6. The minimum atomic E-state index is -0.312. The molecule has 0 radical (unpaired) electrons. The van der Waals surface area contributed by atoms with E-state index in [0.29, 0.717) is 5.56 Å². The van der Waals surface area contributed by atoms with E-state index >= 15 is 0 Å². The third-order valence-electron chi connectivity index (χ3n) is 4.04. The van der Waals surface area contributed by atoms with Crippen molar-refractivity contribution in [1.29, 1.82) is 0 Å². The lowest BCUT2D eigenvalue weighted by molar-refractivity contribution is -0.130. The van der Waals surface area contributed by atoms with E-state index in [9.17, 15) is 9.59 Å². The highest BCUT2D eigenvalue weighted by atomic mass is 16.2. The summed E-state index contributed by atoms with van der Waals surface area (Å²) >= 11 is 0. The lowest BCUT2D eigenvalue weighted by atomic mass is 10.1. The summed E-state index contributed by atoms with van der Waals surface area (Å²) < 4.78 is 0. The SMILES string of the molecule is CC(C)N(NC(=O)c1ccccc1)C(=O)/C=C/c1c[nH]c2ccccc12. The summed E-state index contributed by atoms with van der Waals surface area (Å²) in [7, 11) is 0. The number of aromatic amines is 1. The van der Waals surface area contributed by atoms with Gasteiger partial charge in [-0.05, 0) is 43.7 Å². The van der Waals surface area contributed by atoms with E-state index in [1.54, 1.807) is 30.3 Å². The Balaban J connectivity index is 1.75. The zero-order chi connectivity index (χ0) is 18.5. The Kier molecular flexibility index (Phi) is 5.17. The third kappa shape index (κ3) is 3.83. The molecule has 0 aliphatic heterocycles. The van der Waals surface area contributed by atoms with Gasteiger partial charge in [0.05, 0.1) is 0 Å². The zero-order valence-corrected chi connectivity index (χ0v) is 14.8. The van der Waals surface area contributed by atoms with Crippen LogP contribution < -0.4 is 5.43 Å². The van der Waals surface area contributed by atoms with Crippen LogP contribution in [-0.2, 0) is 4.79 Å². The summed E-state index contributed by atoms with van der Waals surface area (Å²) in [4.78, 5) is 28.1. The summed E-state index contributed by atoms with van der Waals surface area (Å²) in [5.41, 5.74) is 5.13. The van der Waals surface area contributed by atoms with Crippen LogP contribution in [0.3, 0.4) is 0 Å². The van der Waals surface area contributed by atoms with Gasteiger partial charge in [0.25, 0.3) is 11.8 Å². The Morgan fingerprint density at radius 3 is 2.46 bits per heavy atom. The fraction of sp³-hybridized carbons (Fsp3) is 0.143. The molecule has 5 heteroatoms. The van der Waals surface area contributed by atoms with E-state index < -0.39 is 0 Å². The van der Waals surface area contributed by atoms with Crippen LogP contribution in [0, 0.1) is 0 Å². The number of carbonyl (C=O) groups excluding carboxylic acids is 2. The van der Waals surface area contributed by atoms with Crippen molar-refractivity contribution in [2.75, 3.05) is 0 Å². The number of aromatic nitrogens is 1. The van der Waals surface area contributed by atoms with Crippen molar-refractivity contribution < 1.29 is 9.59 Å². The van der Waals surface area contributed by atoms with Gasteiger partial charge >= 0.3 is 0 Å². The smallest absolute Gasteiger partial charge is 0.269 e. The number of H-pyrrole nitrogens is 1. The van der Waals surface area contributed by atoms with Gasteiger partial charge in [-0.1, -0.05) is 36.4 Å². The van der Waals surface area contributed by atoms with Crippen LogP contribution in [0.4, 0.5) is 0 Å². The van der Waals surface area contributed by atoms with Crippen molar-refractivity contribution in [2.45, 2.75) is 19.9 Å². The maximum absolute atomic E-state index is 12.6. The van der Waals surface area contributed by atoms with Crippen molar-refractivity contribution >= 4 is 28.8 Å². The minimum Gasteiger partial charge on any atom is -0.361 e. The Morgan fingerprint density at radius 2 is 1.73 bits per heavy atom. The molecule has 132 valence electrons. The number of nitrogens with zero attached hydrogens (tertiary/aromatic N) is 1. The topological polar surface area (TPSA) is 65.2 Å². The van der Waals surface area contributed by atoms with Crippen molar-refractivity contribution in [3.63, 3.8) is 0 Å². The fourth-order valence-electron chi connectivity index (χ4n) is 2.68. The molecule has 0 saturated carbocycles. The number of nitrogens with one attached hydrogen (secondary N) is 2. The highest BCUT2D eigenvalue weighted by Gasteiger charge is 2.18. The molecule has 0 unspecified atom stereocenters. The molecule has 0 aliphatic rings. The fourth-order valence-corrected chi connectivity index (χ4v) is 2.68. The van der Waals surface area contributed by atoms with Gasteiger partial charge in [0, 0.05) is 34.8 Å². The first kappa shape index (κ1) is 17.5. The summed E-state index contributed by atoms with van der Waals surface area (Å²) in [6.45, 7) is 3.70. The Labute approximate surface area is 152 Å². The number of fused-ring (bicyclic) bond motifs is 1. The second-order valence-corrected chi connectivity index (χ2v) is 6.23. The standard InChI is InChI=1S/C21H21N3O2/c1-15(2)24(23-21(26)16-8-4-3-5-9-16)20(25)13-12-17-14-22-19-11-7-6-10-18(17)19/h3-15,22H,1-2H3,(H,23,26)/b13-12+. The Bertz CT molecular complexity index is 942. The number of hydrogen-bond donors (Lipinski definition) is 2. The van der Waals surface area contributed by atoms with E-state index in [2.05, 4.69) is 10.4 Å². The van der Waals surface area contributed by atoms with Crippen LogP contribution >= 0.6 is 0 Å². The second-order valence-electron chi connectivity index (χ2n) is 6.23. The van der Waals surface area contributed by atoms with Crippen LogP contribution in [0.1, 0.15) is 29.8 Å². The van der Waals surface area contributed by atoms with Crippen LogP contribution in [-0.4, -0.2) is 27.8 Å². The first-order valence-corrected chi connectivity index (χ1v) is 8.49. The molecule has 2 amide bonds. The second kappa shape index (κ2) is 7.70. The highest BCUT2D eigenvalue weighted by Crippen LogP contribution is 2.19. The highest BCUT2D eigenvalue weighted by molar-refractivity contribution is 5.99. The van der Waals surface area contributed by atoms with E-state index in [1.165, 1.54) is 11.1 Å². The molecule has 1 aromatic heterocycles. The summed E-state index contributed by atoms with van der Waals surface area (Å²) in [6, 6.07) is 16.5. The monoisotopic (exact) mass is 347 g/mol. The van der Waals surface area contributed by atoms with Gasteiger partial charge in [0.1, 0.15) is 0 Å². The molecular formula is C21H21N3O2. The molecule has 5 nitrogen and oxygen atoms in total. The number of rotatable bonds is 4. The van der Waals surface area contributed by atoms with E-state index in [4.69, 9.17) is 0 Å². The van der Waals surface area contributed by atoms with Gasteiger partial charge in [-0.15, -0.1) is 0 Å². The normalized spacial score (nSPS) is 11.2. The summed E-state index contributed by atoms with van der Waals surface area (Å²) in [6.07, 6.45) is 5.09. The van der Waals surface area contributed by atoms with E-state index in [0.717, 1.165) is 16.5 Å². The predicted molar refractivity (Wildman–Crippen MR) is 103 cm³/mol. The molecule has 2 N–H and O–H groups in total. The summed E-state index contributed by atoms with van der Waals surface area (Å²) in [5, 5.41) is 2.38. The molecule has 0 aliphatic carbocycles. The van der Waals surface area contributed by atoms with Crippen molar-refractivity contribution in [1.82, 2.24) is 15.4 Å². The molecule has 0 saturated heterocycles. The van der Waals surface area contributed by atoms with Gasteiger partial charge in [-0.25, -0.2) is 5.01 Å². The van der Waals surface area contributed by atoms with Gasteiger partial charge in [0.15, 0.2) is 0 Å². The molecule has 0 atom stereocenters. The minimum absolute atomic E-state index is 0.178. The molecule has 0 spiro atoms. The molecule has 26 heavy (non-hydrogen) atoms. The number of benzene rings is 2. The maximum Gasteiger partial charge on any atom is 0.269 e. The molecule has 0 fully saturated rings. The molecule has 3 aromatic rings. The number of carbonyl (C=O) groups is 2. The van der Waals surface area contributed by atoms with Gasteiger partial charge in [-0.3, -0.25) is 15.0 Å². The zero-order valence-electron chi connectivity index (χ0n) is 14.8. The molecule has 2 aromatic carbocycles. The summed E-state index contributed by atoms with van der Waals surface area (Å²) in [5.74, 6) is -0.595. The predicted octanol–water partition coefficient (Wildman–Crippen LogP) is 3.76. The average Bonchev–Trinajstić information content (AvgIpc) is 3.07. The van der Waals surface area contributed by atoms with Gasteiger partial charge in [-0.2, -0.15) is 0 Å². The van der Waals surface area contributed by atoms with Crippen LogP contribution in [0.5, 0.6) is 0 Å². The lowest BCUT2D eigenvalue weighted by Gasteiger charge is -2.25.